The average Bonchev–Trinajstić information content (AvgIpc) is 3.05. The molecule has 0 radical (unpaired) electrons. The van der Waals surface area contributed by atoms with Gasteiger partial charge in [-0.1, -0.05) is 13.3 Å². The largest absolute Gasteiger partial charge is 0.459 e. The highest BCUT2D eigenvalue weighted by molar-refractivity contribution is 5.92. The van der Waals surface area contributed by atoms with Crippen molar-refractivity contribution >= 4 is 23.2 Å². The number of nitrogens with zero attached hydrogens (tertiary/aromatic N) is 3. The molecule has 0 saturated heterocycles. The van der Waals surface area contributed by atoms with E-state index in [4.69, 9.17) is 10.2 Å². The molecule has 0 aliphatic heterocycles. The maximum Gasteiger partial charge on any atom is 0.305 e. The second-order valence-electron chi connectivity index (χ2n) is 4.79. The van der Waals surface area contributed by atoms with Gasteiger partial charge in [0.25, 0.3) is 0 Å². The molecule has 8 heteroatoms. The Morgan fingerprint density at radius 3 is 2.95 bits per heavy atom. The zero-order valence-corrected chi connectivity index (χ0v) is 12.7. The summed E-state index contributed by atoms with van der Waals surface area (Å²) >= 11 is 0. The lowest BCUT2D eigenvalue weighted by atomic mass is 10.3. The van der Waals surface area contributed by atoms with Gasteiger partial charge in [-0.15, -0.1) is 0 Å². The van der Waals surface area contributed by atoms with Crippen molar-refractivity contribution < 1.29 is 9.21 Å². The summed E-state index contributed by atoms with van der Waals surface area (Å²) in [4.78, 5) is 22.0. The summed E-state index contributed by atoms with van der Waals surface area (Å²) in [5, 5.41) is 0. The van der Waals surface area contributed by atoms with Crippen LogP contribution in [0, 0.1) is 0 Å². The number of hydrogen-bond acceptors (Lipinski definition) is 7. The van der Waals surface area contributed by atoms with E-state index in [2.05, 4.69) is 27.7 Å². The van der Waals surface area contributed by atoms with Crippen LogP contribution in [0.1, 0.15) is 30.3 Å². The molecule has 0 spiro atoms. The molecule has 0 aliphatic rings. The third-order valence-corrected chi connectivity index (χ3v) is 3.11. The Morgan fingerprint density at radius 2 is 2.27 bits per heavy atom. The van der Waals surface area contributed by atoms with Gasteiger partial charge in [0.05, 0.1) is 6.26 Å². The molecular weight excluding hydrogens is 284 g/mol. The number of rotatable bonds is 7. The zero-order chi connectivity index (χ0) is 15.9. The van der Waals surface area contributed by atoms with Crippen LogP contribution in [-0.2, 0) is 0 Å². The number of hydrazine groups is 1. The number of nitrogens with one attached hydrogen (secondary N) is 2. The summed E-state index contributed by atoms with van der Waals surface area (Å²) in [7, 11) is 1.92. The molecule has 4 N–H and O–H groups in total. The van der Waals surface area contributed by atoms with Gasteiger partial charge in [-0.3, -0.25) is 15.6 Å². The van der Waals surface area contributed by atoms with E-state index in [9.17, 15) is 4.79 Å². The van der Waals surface area contributed by atoms with Gasteiger partial charge < -0.3 is 15.1 Å². The zero-order valence-electron chi connectivity index (χ0n) is 12.7. The topological polar surface area (TPSA) is 109 Å². The minimum atomic E-state index is -0.413. The fraction of sp³-hybridized carbons (Fsp3) is 0.357. The molecule has 2 rings (SSSR count). The van der Waals surface area contributed by atoms with Crippen molar-refractivity contribution in [1.82, 2.24) is 15.4 Å². The van der Waals surface area contributed by atoms with Gasteiger partial charge in [0, 0.05) is 13.6 Å². The van der Waals surface area contributed by atoms with E-state index in [1.807, 2.05) is 11.9 Å². The van der Waals surface area contributed by atoms with Crippen LogP contribution >= 0.6 is 0 Å². The van der Waals surface area contributed by atoms with Gasteiger partial charge in [-0.25, -0.2) is 9.97 Å². The van der Waals surface area contributed by atoms with Gasteiger partial charge in [-0.05, 0) is 18.6 Å². The second kappa shape index (κ2) is 7.30. The fourth-order valence-corrected chi connectivity index (χ4v) is 1.88. The molecule has 2 aromatic rings. The standard InChI is InChI=1S/C14H20N6O2/c1-3-4-7-20(2)13-11(15)12(16-9-17-13)18-19-14(21)10-6-5-8-22-10/h5-6,8-9H,3-4,7,15H2,1-2H3,(H,19,21)(H,16,17,18). The van der Waals surface area contributed by atoms with Gasteiger partial charge in [0.1, 0.15) is 12.0 Å². The van der Waals surface area contributed by atoms with Gasteiger partial charge in [0.2, 0.25) is 0 Å². The highest BCUT2D eigenvalue weighted by atomic mass is 16.3. The molecule has 0 bridgehead atoms. The second-order valence-corrected chi connectivity index (χ2v) is 4.79. The number of carbonyl (C=O) groups is 1. The fourth-order valence-electron chi connectivity index (χ4n) is 1.88. The van der Waals surface area contributed by atoms with E-state index in [0.717, 1.165) is 19.4 Å². The molecule has 0 aliphatic carbocycles. The molecule has 8 nitrogen and oxygen atoms in total. The number of amides is 1. The molecule has 0 fully saturated rings. The highest BCUT2D eigenvalue weighted by Crippen LogP contribution is 2.24. The number of furan rings is 1. The predicted molar refractivity (Wildman–Crippen MR) is 84.4 cm³/mol. The molecule has 0 saturated carbocycles. The molecule has 0 aromatic carbocycles. The molecule has 22 heavy (non-hydrogen) atoms. The molecule has 0 unspecified atom stereocenters. The monoisotopic (exact) mass is 304 g/mol. The molecule has 1 amide bonds. The predicted octanol–water partition coefficient (Wildman–Crippen LogP) is 1.64. The third-order valence-electron chi connectivity index (χ3n) is 3.11. The highest BCUT2D eigenvalue weighted by Gasteiger charge is 2.13. The first-order valence-corrected chi connectivity index (χ1v) is 7.05. The minimum Gasteiger partial charge on any atom is -0.459 e. The summed E-state index contributed by atoms with van der Waals surface area (Å²) < 4.78 is 5.00. The molecule has 2 aromatic heterocycles. The van der Waals surface area contributed by atoms with Crippen molar-refractivity contribution in [2.24, 2.45) is 0 Å². The number of anilines is 3. The van der Waals surface area contributed by atoms with Crippen LogP contribution in [-0.4, -0.2) is 29.5 Å². The molecule has 0 atom stereocenters. The SMILES string of the molecule is CCCCN(C)c1ncnc(NNC(=O)c2ccco2)c1N. The van der Waals surface area contributed by atoms with Crippen molar-refractivity contribution in [2.45, 2.75) is 19.8 Å². The van der Waals surface area contributed by atoms with Crippen LogP contribution in [0.5, 0.6) is 0 Å². The Kier molecular flexibility index (Phi) is 5.18. The number of unbranched alkanes of at least 4 members (excludes halogenated alkanes) is 1. The molecule has 118 valence electrons. The summed E-state index contributed by atoms with van der Waals surface area (Å²) in [6.07, 6.45) is 4.95. The Morgan fingerprint density at radius 1 is 1.45 bits per heavy atom. The van der Waals surface area contributed by atoms with E-state index in [-0.39, 0.29) is 5.76 Å². The normalized spacial score (nSPS) is 10.3. The van der Waals surface area contributed by atoms with Gasteiger partial charge >= 0.3 is 5.91 Å². The first-order chi connectivity index (χ1) is 10.6. The van der Waals surface area contributed by atoms with Crippen LogP contribution in [0.4, 0.5) is 17.3 Å². The third kappa shape index (κ3) is 3.66. The van der Waals surface area contributed by atoms with Crippen LogP contribution in [0.3, 0.4) is 0 Å². The number of nitrogen functional groups attached to an aromatic ring is 1. The summed E-state index contributed by atoms with van der Waals surface area (Å²) in [5.41, 5.74) is 11.6. The van der Waals surface area contributed by atoms with Crippen molar-refractivity contribution in [2.75, 3.05) is 29.7 Å². The number of carbonyl (C=O) groups excluding carboxylic acids is 1. The lowest BCUT2D eigenvalue weighted by Crippen LogP contribution is -2.30. The van der Waals surface area contributed by atoms with Crippen molar-refractivity contribution in [1.29, 1.82) is 0 Å². The first-order valence-electron chi connectivity index (χ1n) is 7.05. The maximum atomic E-state index is 11.8. The van der Waals surface area contributed by atoms with E-state index in [1.54, 1.807) is 12.1 Å². The van der Waals surface area contributed by atoms with Crippen LogP contribution in [0.15, 0.2) is 29.1 Å². The Hall–Kier alpha value is -2.77. The summed E-state index contributed by atoms with van der Waals surface area (Å²) in [6.45, 7) is 2.96. The van der Waals surface area contributed by atoms with Crippen molar-refractivity contribution in [3.8, 4) is 0 Å². The van der Waals surface area contributed by atoms with Crippen molar-refractivity contribution in [3.05, 3.63) is 30.5 Å². The first kappa shape index (κ1) is 15.6. The summed E-state index contributed by atoms with van der Waals surface area (Å²) in [5.74, 6) is 0.746. The number of hydrogen-bond donors (Lipinski definition) is 3. The van der Waals surface area contributed by atoms with Crippen LogP contribution in [0.25, 0.3) is 0 Å². The quantitative estimate of drug-likeness (QED) is 0.667. The van der Waals surface area contributed by atoms with Crippen molar-refractivity contribution in [3.63, 3.8) is 0 Å². The Balaban J connectivity index is 2.04. The minimum absolute atomic E-state index is 0.195. The molecule has 2 heterocycles. The maximum absolute atomic E-state index is 11.8. The Labute approximate surface area is 128 Å². The summed E-state index contributed by atoms with van der Waals surface area (Å²) in [6, 6.07) is 3.19. The van der Waals surface area contributed by atoms with E-state index >= 15 is 0 Å². The smallest absolute Gasteiger partial charge is 0.305 e. The number of aromatic nitrogens is 2. The van der Waals surface area contributed by atoms with E-state index in [0.29, 0.717) is 17.3 Å². The van der Waals surface area contributed by atoms with Crippen LogP contribution < -0.4 is 21.5 Å². The average molecular weight is 304 g/mol. The van der Waals surface area contributed by atoms with E-state index in [1.165, 1.54) is 12.6 Å². The van der Waals surface area contributed by atoms with Crippen LogP contribution in [0.2, 0.25) is 0 Å². The Bertz CT molecular complexity index is 614. The van der Waals surface area contributed by atoms with Gasteiger partial charge in [-0.2, -0.15) is 0 Å². The molecular formula is C14H20N6O2. The lowest BCUT2D eigenvalue weighted by molar-refractivity contribution is 0.0935. The van der Waals surface area contributed by atoms with Gasteiger partial charge in [0.15, 0.2) is 17.4 Å². The number of nitrogens with two attached hydrogens (primary N) is 1. The van der Waals surface area contributed by atoms with E-state index < -0.39 is 5.91 Å². The lowest BCUT2D eigenvalue weighted by Gasteiger charge is -2.20.